The molecule has 0 spiro atoms. The van der Waals surface area contributed by atoms with Gasteiger partial charge in [0.1, 0.15) is 5.15 Å². The zero-order valence-electron chi connectivity index (χ0n) is 15.8. The van der Waals surface area contributed by atoms with Gasteiger partial charge in [-0.25, -0.2) is 4.98 Å². The molecular weight excluding hydrogens is 408 g/mol. The van der Waals surface area contributed by atoms with E-state index in [9.17, 15) is 9.35 Å². The number of benzene rings is 1. The zero-order valence-corrected chi connectivity index (χ0v) is 17.3. The maximum absolute atomic E-state index is 12.4. The number of aromatic nitrogens is 2. The van der Waals surface area contributed by atoms with E-state index in [0.29, 0.717) is 23.0 Å². The van der Waals surface area contributed by atoms with Crippen LogP contribution < -0.4 is 9.62 Å². The minimum Gasteiger partial charge on any atom is -0.593 e. The fourth-order valence-corrected chi connectivity index (χ4v) is 4.20. The Morgan fingerprint density at radius 3 is 2.79 bits per heavy atom. The molecule has 0 saturated heterocycles. The molecule has 0 fully saturated rings. The fourth-order valence-electron chi connectivity index (χ4n) is 3.28. The van der Waals surface area contributed by atoms with Crippen LogP contribution in [0.25, 0.3) is 11.1 Å². The Balaban J connectivity index is 1.49. The summed E-state index contributed by atoms with van der Waals surface area (Å²) in [5, 5.41) is 0.364. The van der Waals surface area contributed by atoms with Crippen molar-refractivity contribution in [2.45, 2.75) is 24.3 Å². The minimum atomic E-state index is -1.39. The van der Waals surface area contributed by atoms with Crippen LogP contribution in [0.5, 0.6) is 0 Å². The van der Waals surface area contributed by atoms with Crippen LogP contribution in [0, 0.1) is 0 Å². The van der Waals surface area contributed by atoms with Gasteiger partial charge in [-0.15, -0.1) is 4.72 Å². The summed E-state index contributed by atoms with van der Waals surface area (Å²) in [5.41, 5.74) is 5.06. The van der Waals surface area contributed by atoms with Crippen molar-refractivity contribution in [1.82, 2.24) is 14.7 Å². The molecule has 1 amide bonds. The first kappa shape index (κ1) is 19.8. The van der Waals surface area contributed by atoms with E-state index in [2.05, 4.69) is 20.8 Å². The second-order valence-corrected chi connectivity index (χ2v) is 8.47. The van der Waals surface area contributed by atoms with Gasteiger partial charge in [-0.3, -0.25) is 9.78 Å². The maximum atomic E-state index is 12.4. The lowest BCUT2D eigenvalue weighted by Gasteiger charge is -2.26. The topological polar surface area (TPSA) is 81.2 Å². The van der Waals surface area contributed by atoms with Crippen molar-refractivity contribution >= 4 is 34.6 Å². The number of halogens is 1. The van der Waals surface area contributed by atoms with Crippen LogP contribution >= 0.6 is 11.6 Å². The highest BCUT2D eigenvalue weighted by atomic mass is 35.5. The predicted molar refractivity (Wildman–Crippen MR) is 114 cm³/mol. The molecule has 6 nitrogen and oxygen atoms in total. The van der Waals surface area contributed by atoms with Crippen LogP contribution in [0.4, 0.5) is 5.69 Å². The first-order chi connectivity index (χ1) is 14.0. The molecule has 4 rings (SSSR count). The zero-order chi connectivity index (χ0) is 20.4. The van der Waals surface area contributed by atoms with E-state index in [1.165, 1.54) is 6.20 Å². The number of hydrogen-bond donors (Lipinski definition) is 1. The third-order valence-electron chi connectivity index (χ3n) is 4.87. The summed E-state index contributed by atoms with van der Waals surface area (Å²) in [4.78, 5) is 22.4. The predicted octanol–water partition coefficient (Wildman–Crippen LogP) is 3.52. The van der Waals surface area contributed by atoms with E-state index < -0.39 is 11.4 Å². The quantitative estimate of drug-likeness (QED) is 0.498. The molecule has 1 atom stereocenters. The Morgan fingerprint density at radius 1 is 1.14 bits per heavy atom. The molecule has 3 heterocycles. The fraction of sp³-hybridized carbons (Fsp3) is 0.190. The molecule has 1 N–H and O–H groups in total. The smallest absolute Gasteiger partial charge is 0.227 e. The van der Waals surface area contributed by atoms with Crippen LogP contribution in [0.3, 0.4) is 0 Å². The van der Waals surface area contributed by atoms with Gasteiger partial charge in [-0.2, -0.15) is 0 Å². The Labute approximate surface area is 177 Å². The van der Waals surface area contributed by atoms with Gasteiger partial charge in [0.05, 0.1) is 24.1 Å². The summed E-state index contributed by atoms with van der Waals surface area (Å²) >= 11 is 4.38. The summed E-state index contributed by atoms with van der Waals surface area (Å²) in [5.74, 6) is 0.142. The number of hydrogen-bond acceptors (Lipinski definition) is 5. The lowest BCUT2D eigenvalue weighted by atomic mass is 9.96. The molecule has 29 heavy (non-hydrogen) atoms. The number of pyridine rings is 2. The molecule has 2 aromatic heterocycles. The largest absolute Gasteiger partial charge is 0.593 e. The number of fused-ring (bicyclic) bond motifs is 1. The Hall–Kier alpha value is -2.45. The van der Waals surface area contributed by atoms with Crippen molar-refractivity contribution in [2.75, 3.05) is 11.9 Å². The van der Waals surface area contributed by atoms with Crippen molar-refractivity contribution in [1.29, 1.82) is 0 Å². The van der Waals surface area contributed by atoms with Crippen molar-refractivity contribution in [3.05, 3.63) is 71.3 Å². The second-order valence-electron chi connectivity index (χ2n) is 6.78. The number of carbonyl (C=O) groups excluding carboxylic acids is 1. The third kappa shape index (κ3) is 4.43. The average molecular weight is 427 g/mol. The van der Waals surface area contributed by atoms with Gasteiger partial charge in [0.15, 0.2) is 4.90 Å². The number of nitrogens with zero attached hydrogens (tertiary/aromatic N) is 3. The molecule has 8 heteroatoms. The number of rotatable bonds is 5. The first-order valence-electron chi connectivity index (χ1n) is 9.12. The molecule has 1 unspecified atom stereocenters. The summed E-state index contributed by atoms with van der Waals surface area (Å²) in [6.45, 7) is 0.401. The third-order valence-corrected chi connectivity index (χ3v) is 6.17. The van der Waals surface area contributed by atoms with E-state index in [4.69, 9.17) is 11.6 Å². The lowest BCUT2D eigenvalue weighted by Crippen LogP contribution is -2.30. The van der Waals surface area contributed by atoms with Crippen LogP contribution in [0.15, 0.2) is 59.9 Å². The number of nitrogens with one attached hydrogen (secondary N) is 1. The van der Waals surface area contributed by atoms with Crippen molar-refractivity contribution in [3.63, 3.8) is 0 Å². The van der Waals surface area contributed by atoms with Gasteiger partial charge in [0, 0.05) is 37.1 Å². The van der Waals surface area contributed by atoms with E-state index in [0.717, 1.165) is 34.4 Å². The Bertz CT molecular complexity index is 1050. The number of amides is 1. The van der Waals surface area contributed by atoms with Crippen molar-refractivity contribution < 1.29 is 9.35 Å². The van der Waals surface area contributed by atoms with Crippen LogP contribution in [-0.2, 0) is 29.1 Å². The first-order valence-corrected chi connectivity index (χ1v) is 10.6. The van der Waals surface area contributed by atoms with E-state index in [1.54, 1.807) is 23.2 Å². The highest BCUT2D eigenvalue weighted by Gasteiger charge is 2.21. The van der Waals surface area contributed by atoms with Crippen molar-refractivity contribution in [3.8, 4) is 11.1 Å². The Kier molecular flexibility index (Phi) is 5.82. The lowest BCUT2D eigenvalue weighted by molar-refractivity contribution is -0.118. The molecule has 1 aliphatic heterocycles. The van der Waals surface area contributed by atoms with Gasteiger partial charge in [-0.05, 0) is 53.4 Å². The average Bonchev–Trinajstić information content (AvgIpc) is 2.75. The highest BCUT2D eigenvalue weighted by Crippen LogP contribution is 2.31. The molecule has 0 aliphatic carbocycles. The van der Waals surface area contributed by atoms with Crippen molar-refractivity contribution in [2.24, 2.45) is 0 Å². The van der Waals surface area contributed by atoms with Crippen LogP contribution in [-0.4, -0.2) is 27.5 Å². The van der Waals surface area contributed by atoms with Crippen LogP contribution in [0.1, 0.15) is 17.5 Å². The Morgan fingerprint density at radius 2 is 2.00 bits per heavy atom. The molecular formula is C21H19ClN4O2S. The summed E-state index contributed by atoms with van der Waals surface area (Å²) in [6, 6.07) is 11.4. The van der Waals surface area contributed by atoms with Gasteiger partial charge < -0.3 is 9.45 Å². The van der Waals surface area contributed by atoms with Gasteiger partial charge in [0.25, 0.3) is 0 Å². The minimum absolute atomic E-state index is 0.142. The number of anilines is 1. The maximum Gasteiger partial charge on any atom is 0.227 e. The number of aryl methyl sites for hydroxylation is 1. The molecule has 0 radical (unpaired) electrons. The summed E-state index contributed by atoms with van der Waals surface area (Å²) in [7, 11) is 1.81. The van der Waals surface area contributed by atoms with Gasteiger partial charge in [-0.1, -0.05) is 17.7 Å². The highest BCUT2D eigenvalue weighted by molar-refractivity contribution is 7.89. The number of carbonyl (C=O) groups is 1. The van der Waals surface area contributed by atoms with E-state index in [-0.39, 0.29) is 5.91 Å². The molecule has 0 bridgehead atoms. The molecule has 148 valence electrons. The summed E-state index contributed by atoms with van der Waals surface area (Å²) < 4.78 is 15.3. The molecule has 3 aromatic rings. The van der Waals surface area contributed by atoms with Gasteiger partial charge >= 0.3 is 0 Å². The molecule has 1 aromatic carbocycles. The van der Waals surface area contributed by atoms with E-state index >= 15 is 0 Å². The molecule has 0 saturated carbocycles. The SMILES string of the molecule is CN1C(=O)CCc2cc(-c3cncc(CN[S+]([O-])c4ccc(Cl)nc4)c3)ccc21. The molecule has 1 aliphatic rings. The normalized spacial score (nSPS) is 14.6. The van der Waals surface area contributed by atoms with E-state index in [1.807, 2.05) is 31.4 Å². The van der Waals surface area contributed by atoms with Gasteiger partial charge in [0.2, 0.25) is 5.91 Å². The van der Waals surface area contributed by atoms with Crippen LogP contribution in [0.2, 0.25) is 5.15 Å². The standard InChI is InChI=1S/C21H19ClN4O2S/c1-26-19-5-2-15(9-16(19)3-7-21(26)27)17-8-14(10-23-12-17)11-25-29(28)18-4-6-20(22)24-13-18/h2,4-6,8-10,12-13,25H,3,7,11H2,1H3. The monoisotopic (exact) mass is 426 g/mol. The second kappa shape index (κ2) is 8.51. The summed E-state index contributed by atoms with van der Waals surface area (Å²) in [6.07, 6.45) is 6.33.